The fourth-order valence-electron chi connectivity index (χ4n) is 4.24. The van der Waals surface area contributed by atoms with Crippen molar-refractivity contribution in [1.29, 1.82) is 0 Å². The molecule has 0 radical (unpaired) electrons. The first-order valence-corrected chi connectivity index (χ1v) is 5.54. The second kappa shape index (κ2) is 2.47. The van der Waals surface area contributed by atoms with Crippen LogP contribution in [0.15, 0.2) is 0 Å². The lowest BCUT2D eigenvalue weighted by molar-refractivity contribution is 0.00368. The zero-order valence-corrected chi connectivity index (χ0v) is 7.58. The second-order valence-corrected chi connectivity index (χ2v) is 5.07. The predicted octanol–water partition coefficient (Wildman–Crippen LogP) is 2.19. The summed E-state index contributed by atoms with van der Waals surface area (Å²) < 4.78 is 0. The average Bonchev–Trinajstić information content (AvgIpc) is 2.64. The molecule has 3 rings (SSSR count). The molecule has 0 heterocycles. The van der Waals surface area contributed by atoms with Crippen molar-refractivity contribution in [1.82, 2.24) is 0 Å². The topological polar surface area (TPSA) is 20.2 Å². The highest BCUT2D eigenvalue weighted by Crippen LogP contribution is 2.57. The van der Waals surface area contributed by atoms with Crippen LogP contribution in [0.25, 0.3) is 0 Å². The molecular formula is C11H18O. The van der Waals surface area contributed by atoms with E-state index in [1.807, 2.05) is 0 Å². The highest BCUT2D eigenvalue weighted by molar-refractivity contribution is 5.00. The van der Waals surface area contributed by atoms with Crippen molar-refractivity contribution in [2.45, 2.75) is 44.6 Å². The van der Waals surface area contributed by atoms with Crippen molar-refractivity contribution in [3.8, 4) is 0 Å². The Balaban J connectivity index is 1.86. The summed E-state index contributed by atoms with van der Waals surface area (Å²) in [6.07, 6.45) is 8.20. The van der Waals surface area contributed by atoms with E-state index >= 15 is 0 Å². The molecule has 0 amide bonds. The van der Waals surface area contributed by atoms with Crippen LogP contribution >= 0.6 is 0 Å². The van der Waals surface area contributed by atoms with Gasteiger partial charge >= 0.3 is 0 Å². The van der Waals surface area contributed by atoms with Gasteiger partial charge in [0.1, 0.15) is 0 Å². The Kier molecular flexibility index (Phi) is 1.52. The fraction of sp³-hybridized carbons (Fsp3) is 1.00. The highest BCUT2D eigenvalue weighted by atomic mass is 16.3. The Morgan fingerprint density at radius 2 is 1.75 bits per heavy atom. The zero-order chi connectivity index (χ0) is 8.13. The normalized spacial score (nSPS) is 57.2. The van der Waals surface area contributed by atoms with Gasteiger partial charge in [-0.3, -0.25) is 0 Å². The van der Waals surface area contributed by atoms with Crippen molar-refractivity contribution < 1.29 is 5.11 Å². The van der Waals surface area contributed by atoms with Crippen molar-refractivity contribution in [2.24, 2.45) is 23.7 Å². The molecule has 0 aromatic heterocycles. The molecule has 3 aliphatic rings. The Hall–Kier alpha value is -0.0400. The van der Waals surface area contributed by atoms with Gasteiger partial charge in [0, 0.05) is 0 Å². The smallest absolute Gasteiger partial charge is 0.0573 e. The molecule has 3 fully saturated rings. The molecule has 2 bridgehead atoms. The van der Waals surface area contributed by atoms with E-state index in [2.05, 4.69) is 0 Å². The lowest BCUT2D eigenvalue weighted by Gasteiger charge is -2.38. The van der Waals surface area contributed by atoms with Crippen LogP contribution in [0, 0.1) is 23.7 Å². The van der Waals surface area contributed by atoms with Crippen LogP contribution in [0.5, 0.6) is 0 Å². The van der Waals surface area contributed by atoms with Crippen molar-refractivity contribution in [3.63, 3.8) is 0 Å². The molecule has 3 aliphatic carbocycles. The summed E-state index contributed by atoms with van der Waals surface area (Å²) in [7, 11) is 0. The van der Waals surface area contributed by atoms with Gasteiger partial charge in [-0.25, -0.2) is 0 Å². The minimum absolute atomic E-state index is 0.0686. The number of hydrogen-bond acceptors (Lipinski definition) is 1. The van der Waals surface area contributed by atoms with Gasteiger partial charge in [0.05, 0.1) is 6.10 Å². The highest BCUT2D eigenvalue weighted by Gasteiger charge is 2.50. The zero-order valence-electron chi connectivity index (χ0n) is 7.58. The van der Waals surface area contributed by atoms with Gasteiger partial charge in [-0.2, -0.15) is 0 Å². The lowest BCUT2D eigenvalue weighted by atomic mass is 9.69. The molecule has 0 aliphatic heterocycles. The molecule has 68 valence electrons. The van der Waals surface area contributed by atoms with Crippen LogP contribution < -0.4 is 0 Å². The summed E-state index contributed by atoms with van der Waals surface area (Å²) >= 11 is 0. The van der Waals surface area contributed by atoms with Gasteiger partial charge in [-0.05, 0) is 55.8 Å². The minimum atomic E-state index is 0.0686. The largest absolute Gasteiger partial charge is 0.393 e. The first-order valence-electron chi connectivity index (χ1n) is 5.54. The Morgan fingerprint density at radius 3 is 2.58 bits per heavy atom. The molecule has 0 aromatic carbocycles. The minimum Gasteiger partial charge on any atom is -0.393 e. The van der Waals surface area contributed by atoms with E-state index in [0.717, 1.165) is 30.1 Å². The maximum absolute atomic E-state index is 9.90. The molecule has 0 saturated heterocycles. The SMILES string of the molecule is OC1CCCC2C3CCC(C3)C12. The quantitative estimate of drug-likeness (QED) is 0.585. The van der Waals surface area contributed by atoms with Gasteiger partial charge in [-0.1, -0.05) is 6.42 Å². The molecule has 0 aromatic rings. The molecule has 5 unspecified atom stereocenters. The van der Waals surface area contributed by atoms with E-state index in [-0.39, 0.29) is 6.10 Å². The van der Waals surface area contributed by atoms with E-state index in [1.165, 1.54) is 32.1 Å². The summed E-state index contributed by atoms with van der Waals surface area (Å²) in [5.74, 6) is 3.57. The third kappa shape index (κ3) is 0.834. The molecule has 1 heteroatoms. The van der Waals surface area contributed by atoms with Crippen LogP contribution in [0.4, 0.5) is 0 Å². The predicted molar refractivity (Wildman–Crippen MR) is 47.7 cm³/mol. The van der Waals surface area contributed by atoms with Gasteiger partial charge in [-0.15, -0.1) is 0 Å². The van der Waals surface area contributed by atoms with Crippen LogP contribution in [-0.2, 0) is 0 Å². The number of hydrogen-bond donors (Lipinski definition) is 1. The fourth-order valence-corrected chi connectivity index (χ4v) is 4.24. The van der Waals surface area contributed by atoms with E-state index in [0.29, 0.717) is 0 Å². The Bertz CT molecular complexity index is 189. The van der Waals surface area contributed by atoms with E-state index in [9.17, 15) is 5.11 Å². The first-order chi connectivity index (χ1) is 5.86. The average molecular weight is 166 g/mol. The summed E-state index contributed by atoms with van der Waals surface area (Å²) in [6.45, 7) is 0. The van der Waals surface area contributed by atoms with Crippen molar-refractivity contribution >= 4 is 0 Å². The number of aliphatic hydroxyl groups is 1. The standard InChI is InChI=1S/C11H18O/c12-10-3-1-2-9-7-4-5-8(6-7)11(9)10/h7-12H,1-6H2. The molecule has 12 heavy (non-hydrogen) atoms. The van der Waals surface area contributed by atoms with Gasteiger partial charge in [0.15, 0.2) is 0 Å². The molecule has 1 nitrogen and oxygen atoms in total. The third-order valence-electron chi connectivity index (χ3n) is 4.64. The molecule has 3 saturated carbocycles. The van der Waals surface area contributed by atoms with E-state index in [4.69, 9.17) is 0 Å². The molecule has 5 atom stereocenters. The van der Waals surface area contributed by atoms with Gasteiger partial charge in [0.2, 0.25) is 0 Å². The Morgan fingerprint density at radius 1 is 0.917 bits per heavy atom. The summed E-state index contributed by atoms with van der Waals surface area (Å²) in [5.41, 5.74) is 0. The molecule has 1 N–H and O–H groups in total. The lowest BCUT2D eigenvalue weighted by Crippen LogP contribution is -2.36. The van der Waals surface area contributed by atoms with E-state index in [1.54, 1.807) is 0 Å². The van der Waals surface area contributed by atoms with Gasteiger partial charge in [0.25, 0.3) is 0 Å². The first kappa shape index (κ1) is 7.37. The van der Waals surface area contributed by atoms with Gasteiger partial charge < -0.3 is 5.11 Å². The van der Waals surface area contributed by atoms with Crippen LogP contribution in [0.3, 0.4) is 0 Å². The second-order valence-electron chi connectivity index (χ2n) is 5.07. The maximum Gasteiger partial charge on any atom is 0.0573 e. The molecular weight excluding hydrogens is 148 g/mol. The van der Waals surface area contributed by atoms with Crippen LogP contribution in [0.1, 0.15) is 38.5 Å². The molecule has 0 spiro atoms. The summed E-state index contributed by atoms with van der Waals surface area (Å²) in [5, 5.41) is 9.90. The summed E-state index contributed by atoms with van der Waals surface area (Å²) in [6, 6.07) is 0. The number of rotatable bonds is 0. The number of fused-ring (bicyclic) bond motifs is 5. The van der Waals surface area contributed by atoms with Crippen molar-refractivity contribution in [3.05, 3.63) is 0 Å². The monoisotopic (exact) mass is 166 g/mol. The Labute approximate surface area is 74.2 Å². The van der Waals surface area contributed by atoms with Crippen LogP contribution in [0.2, 0.25) is 0 Å². The summed E-state index contributed by atoms with van der Waals surface area (Å²) in [4.78, 5) is 0. The van der Waals surface area contributed by atoms with E-state index < -0.39 is 0 Å². The third-order valence-corrected chi connectivity index (χ3v) is 4.64. The van der Waals surface area contributed by atoms with Crippen LogP contribution in [-0.4, -0.2) is 11.2 Å². The number of aliphatic hydroxyl groups excluding tert-OH is 1. The van der Waals surface area contributed by atoms with Crippen molar-refractivity contribution in [2.75, 3.05) is 0 Å². The maximum atomic E-state index is 9.90.